The fraction of sp³-hybridized carbons (Fsp3) is 0.538. The molecule has 4 nitrogen and oxygen atoms in total. The van der Waals surface area contributed by atoms with Crippen molar-refractivity contribution in [1.29, 1.82) is 0 Å². The fourth-order valence-corrected chi connectivity index (χ4v) is 8.20. The molecule has 6 rings (SSSR count). The number of hydrogen-bond donors (Lipinski definition) is 4. The maximum Gasteiger partial charge on any atom is 0.138 e. The average Bonchev–Trinajstić information content (AvgIpc) is 2.71. The zero-order valence-corrected chi connectivity index (χ0v) is 18.2. The van der Waals surface area contributed by atoms with Gasteiger partial charge in [-0.3, -0.25) is 0 Å². The molecule has 4 aliphatic carbocycles. The third-order valence-electron chi connectivity index (χ3n) is 9.06. The quantitative estimate of drug-likeness (QED) is 0.392. The molecule has 0 saturated heterocycles. The molecule has 2 aromatic carbocycles. The van der Waals surface area contributed by atoms with Gasteiger partial charge < -0.3 is 21.7 Å². The number of aromatic hydroxyl groups is 2. The van der Waals surface area contributed by atoms with Gasteiger partial charge in [-0.25, -0.2) is 0 Å². The van der Waals surface area contributed by atoms with Crippen molar-refractivity contribution in [3.63, 3.8) is 0 Å². The van der Waals surface area contributed by atoms with Crippen LogP contribution in [0.1, 0.15) is 76.3 Å². The second-order valence-electron chi connectivity index (χ2n) is 10.9. The van der Waals surface area contributed by atoms with E-state index < -0.39 is 0 Å². The van der Waals surface area contributed by atoms with Gasteiger partial charge in [0, 0.05) is 0 Å². The minimum absolute atomic E-state index is 0.0647. The predicted molar refractivity (Wildman–Crippen MR) is 122 cm³/mol. The van der Waals surface area contributed by atoms with Crippen LogP contribution in [-0.2, 0) is 10.8 Å². The second-order valence-corrected chi connectivity index (χ2v) is 10.9. The first-order chi connectivity index (χ1) is 14.2. The molecule has 0 unspecified atom stereocenters. The summed E-state index contributed by atoms with van der Waals surface area (Å²) < 4.78 is 0. The zero-order valence-electron chi connectivity index (χ0n) is 18.2. The van der Waals surface area contributed by atoms with Gasteiger partial charge in [-0.05, 0) is 95.6 Å². The standard InChI is InChI=1S/C26H34N2O2/c1-3-23-11-24(4-2)14-25(12-23,17-5-7-21(29)19(27)9-17)16-26(13-23,15-24)18-6-8-22(30)20(28)10-18/h5-10,29-30H,3-4,11-16,27-28H2,1-2H3. The highest BCUT2D eigenvalue weighted by Gasteiger charge is 2.67. The smallest absolute Gasteiger partial charge is 0.138 e. The van der Waals surface area contributed by atoms with Gasteiger partial charge in [-0.1, -0.05) is 38.8 Å². The summed E-state index contributed by atoms with van der Waals surface area (Å²) in [6, 6.07) is 11.8. The first-order valence-electron chi connectivity index (χ1n) is 11.4. The van der Waals surface area contributed by atoms with Crippen molar-refractivity contribution in [1.82, 2.24) is 0 Å². The molecule has 160 valence electrons. The lowest BCUT2D eigenvalue weighted by Crippen LogP contribution is -2.64. The molecule has 6 N–H and O–H groups in total. The van der Waals surface area contributed by atoms with Crippen molar-refractivity contribution in [2.75, 3.05) is 11.5 Å². The van der Waals surface area contributed by atoms with Gasteiger partial charge in [0.15, 0.2) is 0 Å². The van der Waals surface area contributed by atoms with Gasteiger partial charge >= 0.3 is 0 Å². The summed E-state index contributed by atoms with van der Waals surface area (Å²) in [6.45, 7) is 4.71. The summed E-state index contributed by atoms with van der Waals surface area (Å²) in [5.41, 5.74) is 16.6. The summed E-state index contributed by atoms with van der Waals surface area (Å²) in [4.78, 5) is 0. The van der Waals surface area contributed by atoms with E-state index >= 15 is 0 Å². The number of nitrogens with two attached hydrogens (primary N) is 2. The molecule has 0 aliphatic heterocycles. The molecular formula is C26H34N2O2. The normalized spacial score (nSPS) is 36.9. The van der Waals surface area contributed by atoms with Gasteiger partial charge in [0.1, 0.15) is 11.5 Å². The highest BCUT2D eigenvalue weighted by Crippen LogP contribution is 2.75. The van der Waals surface area contributed by atoms with Crippen LogP contribution in [0.25, 0.3) is 0 Å². The second kappa shape index (κ2) is 6.09. The summed E-state index contributed by atoms with van der Waals surface area (Å²) >= 11 is 0. The van der Waals surface area contributed by atoms with E-state index in [1.54, 1.807) is 12.1 Å². The van der Waals surface area contributed by atoms with Crippen molar-refractivity contribution in [2.24, 2.45) is 10.8 Å². The van der Waals surface area contributed by atoms with Gasteiger partial charge in [0.05, 0.1) is 11.4 Å². The fourth-order valence-electron chi connectivity index (χ4n) is 8.20. The monoisotopic (exact) mass is 406 g/mol. The van der Waals surface area contributed by atoms with Crippen LogP contribution in [0.4, 0.5) is 11.4 Å². The third kappa shape index (κ3) is 2.58. The van der Waals surface area contributed by atoms with Crippen molar-refractivity contribution in [3.05, 3.63) is 47.5 Å². The van der Waals surface area contributed by atoms with Gasteiger partial charge in [0.2, 0.25) is 0 Å². The molecule has 0 aromatic heterocycles. The number of phenols is 2. The molecule has 0 spiro atoms. The third-order valence-corrected chi connectivity index (χ3v) is 9.06. The van der Waals surface area contributed by atoms with E-state index in [4.69, 9.17) is 11.5 Å². The molecule has 0 heterocycles. The Morgan fingerprint density at radius 2 is 1.07 bits per heavy atom. The van der Waals surface area contributed by atoms with Crippen LogP contribution in [0, 0.1) is 10.8 Å². The first-order valence-corrected chi connectivity index (χ1v) is 11.4. The Labute approximate surface area is 179 Å². The summed E-state index contributed by atoms with van der Waals surface area (Å²) in [7, 11) is 0. The summed E-state index contributed by atoms with van der Waals surface area (Å²) in [6.07, 6.45) is 9.51. The Morgan fingerprint density at radius 1 is 0.667 bits per heavy atom. The Hall–Kier alpha value is -2.36. The van der Waals surface area contributed by atoms with Crippen molar-refractivity contribution < 1.29 is 10.2 Å². The van der Waals surface area contributed by atoms with Gasteiger partial charge in [-0.15, -0.1) is 0 Å². The lowest BCUT2D eigenvalue weighted by Gasteiger charge is -2.71. The van der Waals surface area contributed by atoms with E-state index in [9.17, 15) is 10.2 Å². The molecule has 30 heavy (non-hydrogen) atoms. The van der Waals surface area contributed by atoms with Crippen LogP contribution in [0.2, 0.25) is 0 Å². The molecular weight excluding hydrogens is 372 g/mol. The summed E-state index contributed by atoms with van der Waals surface area (Å²) in [5, 5.41) is 20.1. The van der Waals surface area contributed by atoms with E-state index in [-0.39, 0.29) is 22.3 Å². The van der Waals surface area contributed by atoms with Gasteiger partial charge in [-0.2, -0.15) is 0 Å². The summed E-state index contributed by atoms with van der Waals surface area (Å²) in [5.74, 6) is 0.333. The van der Waals surface area contributed by atoms with E-state index in [1.165, 1.54) is 56.1 Å². The van der Waals surface area contributed by atoms with Crippen LogP contribution in [0.3, 0.4) is 0 Å². The van der Waals surface area contributed by atoms with Crippen molar-refractivity contribution >= 4 is 11.4 Å². The van der Waals surface area contributed by atoms with Crippen molar-refractivity contribution in [3.8, 4) is 11.5 Å². The molecule has 4 fully saturated rings. The number of benzene rings is 2. The number of nitrogen functional groups attached to an aromatic ring is 2. The Morgan fingerprint density at radius 3 is 1.40 bits per heavy atom. The lowest BCUT2D eigenvalue weighted by atomic mass is 9.33. The van der Waals surface area contributed by atoms with Crippen LogP contribution in [-0.4, -0.2) is 10.2 Å². The molecule has 4 bridgehead atoms. The minimum Gasteiger partial charge on any atom is -0.506 e. The molecule has 4 heteroatoms. The van der Waals surface area contributed by atoms with E-state index in [1.807, 2.05) is 12.1 Å². The first kappa shape index (κ1) is 19.6. The SMILES string of the molecule is CCC12CC3(CC)CC(c4ccc(O)c(N)c4)(C1)CC(c1ccc(O)c(N)c1)(C2)C3. The van der Waals surface area contributed by atoms with E-state index in [0.29, 0.717) is 22.2 Å². The molecule has 0 amide bonds. The molecule has 2 aromatic rings. The largest absolute Gasteiger partial charge is 0.506 e. The number of rotatable bonds is 4. The van der Waals surface area contributed by atoms with E-state index in [0.717, 1.165) is 6.42 Å². The van der Waals surface area contributed by atoms with Crippen LogP contribution in [0.15, 0.2) is 36.4 Å². The highest BCUT2D eigenvalue weighted by molar-refractivity contribution is 5.57. The predicted octanol–water partition coefficient (Wildman–Crippen LogP) is 5.61. The Balaban J connectivity index is 1.72. The lowest BCUT2D eigenvalue weighted by molar-refractivity contribution is -0.145. The average molecular weight is 407 g/mol. The highest BCUT2D eigenvalue weighted by atomic mass is 16.3. The van der Waals surface area contributed by atoms with E-state index in [2.05, 4.69) is 26.0 Å². The van der Waals surface area contributed by atoms with Crippen molar-refractivity contribution in [2.45, 2.75) is 76.0 Å². The number of hydrogen-bond acceptors (Lipinski definition) is 4. The zero-order chi connectivity index (χ0) is 21.4. The molecule has 4 aliphatic rings. The Kier molecular flexibility index (Phi) is 3.98. The van der Waals surface area contributed by atoms with Crippen LogP contribution >= 0.6 is 0 Å². The molecule has 4 saturated carbocycles. The topological polar surface area (TPSA) is 92.5 Å². The maximum absolute atomic E-state index is 10.0. The molecule has 0 atom stereocenters. The van der Waals surface area contributed by atoms with Crippen LogP contribution in [0.5, 0.6) is 11.5 Å². The molecule has 0 radical (unpaired) electrons. The Bertz CT molecular complexity index is 921. The number of phenolic OH excluding ortho intramolecular Hbond substituents is 2. The maximum atomic E-state index is 10.0. The number of anilines is 2. The minimum atomic E-state index is 0.0647. The van der Waals surface area contributed by atoms with Crippen LogP contribution < -0.4 is 11.5 Å². The van der Waals surface area contributed by atoms with Gasteiger partial charge in [0.25, 0.3) is 0 Å².